The third-order valence-electron chi connectivity index (χ3n) is 6.69. The molecule has 3 nitrogen and oxygen atoms in total. The summed E-state index contributed by atoms with van der Waals surface area (Å²) in [5.41, 5.74) is 1.50. The molecule has 1 N–H and O–H groups in total. The Bertz CT molecular complexity index is 834. The van der Waals surface area contributed by atoms with Crippen molar-refractivity contribution in [1.29, 1.82) is 0 Å². The predicted molar refractivity (Wildman–Crippen MR) is 111 cm³/mol. The molecular weight excluding hydrogens is 364 g/mol. The lowest BCUT2D eigenvalue weighted by Crippen LogP contribution is -2.69. The highest BCUT2D eigenvalue weighted by Gasteiger charge is 2.48. The molecule has 1 amide bonds. The molecule has 26 heavy (non-hydrogen) atoms. The second kappa shape index (κ2) is 6.50. The highest BCUT2D eigenvalue weighted by molar-refractivity contribution is 7.20. The molecule has 2 aromatic rings. The van der Waals surface area contributed by atoms with Crippen LogP contribution in [0, 0.1) is 5.92 Å². The van der Waals surface area contributed by atoms with Crippen molar-refractivity contribution in [1.82, 2.24) is 10.2 Å². The van der Waals surface area contributed by atoms with Gasteiger partial charge in [-0.25, -0.2) is 0 Å². The van der Waals surface area contributed by atoms with Gasteiger partial charge in [-0.15, -0.1) is 23.7 Å². The largest absolute Gasteiger partial charge is 0.346 e. The number of rotatable bonds is 3. The van der Waals surface area contributed by atoms with E-state index < -0.39 is 0 Å². The molecular formula is C21H27ClN2OS. The second-order valence-electron chi connectivity index (χ2n) is 8.61. The molecule has 1 unspecified atom stereocenters. The van der Waals surface area contributed by atoms with Crippen LogP contribution in [0.25, 0.3) is 10.1 Å². The van der Waals surface area contributed by atoms with Gasteiger partial charge in [-0.2, -0.15) is 0 Å². The molecule has 6 rings (SSSR count). The fraction of sp³-hybridized carbons (Fsp3) is 0.571. The van der Waals surface area contributed by atoms with E-state index in [1.807, 2.05) is 0 Å². The first-order valence-electron chi connectivity index (χ1n) is 9.62. The van der Waals surface area contributed by atoms with Crippen molar-refractivity contribution < 1.29 is 4.79 Å². The molecule has 1 aliphatic carbocycles. The predicted octanol–water partition coefficient (Wildman–Crippen LogP) is 4.80. The molecule has 1 saturated carbocycles. The van der Waals surface area contributed by atoms with Crippen molar-refractivity contribution in [3.63, 3.8) is 0 Å². The lowest BCUT2D eigenvalue weighted by atomic mass is 9.72. The van der Waals surface area contributed by atoms with E-state index in [0.29, 0.717) is 5.92 Å². The SMILES string of the molecule is CC1(C)C(NC(=O)c2cc3cc(C4CC4)ccc3s2)C2CCN1CC2.Cl. The number of amides is 1. The number of thiophene rings is 1. The Balaban J connectivity index is 0.00000168. The number of nitrogens with zero attached hydrogens (tertiary/aromatic N) is 1. The quantitative estimate of drug-likeness (QED) is 0.816. The fourth-order valence-electron chi connectivity index (χ4n) is 4.93. The summed E-state index contributed by atoms with van der Waals surface area (Å²) in [4.78, 5) is 16.4. The number of carbonyl (C=O) groups excluding carboxylic acids is 1. The van der Waals surface area contributed by atoms with Gasteiger partial charge >= 0.3 is 0 Å². The number of hydrogen-bond donors (Lipinski definition) is 1. The van der Waals surface area contributed by atoms with Gasteiger partial charge in [0.15, 0.2) is 0 Å². The number of benzene rings is 1. The van der Waals surface area contributed by atoms with Gasteiger partial charge in [0.25, 0.3) is 5.91 Å². The summed E-state index contributed by atoms with van der Waals surface area (Å²) >= 11 is 1.63. The molecule has 4 fully saturated rings. The maximum atomic E-state index is 13.0. The van der Waals surface area contributed by atoms with Crippen LogP contribution in [0.1, 0.15) is 60.7 Å². The molecule has 0 spiro atoms. The highest BCUT2D eigenvalue weighted by Crippen LogP contribution is 2.42. The molecule has 140 valence electrons. The zero-order valence-electron chi connectivity index (χ0n) is 15.5. The van der Waals surface area contributed by atoms with Crippen molar-refractivity contribution in [2.24, 2.45) is 5.92 Å². The lowest BCUT2D eigenvalue weighted by Gasteiger charge is -2.56. The summed E-state index contributed by atoms with van der Waals surface area (Å²) in [6, 6.07) is 9.08. The number of halogens is 1. The second-order valence-corrected chi connectivity index (χ2v) is 9.70. The van der Waals surface area contributed by atoms with E-state index in [4.69, 9.17) is 0 Å². The van der Waals surface area contributed by atoms with Crippen LogP contribution in [-0.4, -0.2) is 35.5 Å². The average Bonchev–Trinajstić information content (AvgIpc) is 3.36. The van der Waals surface area contributed by atoms with Crippen molar-refractivity contribution in [3.8, 4) is 0 Å². The standard InChI is InChI=1S/C21H26N2OS.ClH/c1-21(2)19(14-7-9-23(21)10-8-14)22-20(24)18-12-16-11-15(13-3-4-13)5-6-17(16)25-18;/h5-6,11-14,19H,3-4,7-10H2,1-2H3,(H,22,24);1H. The summed E-state index contributed by atoms with van der Waals surface area (Å²) in [6.07, 6.45) is 5.06. The van der Waals surface area contributed by atoms with Crippen molar-refractivity contribution >= 4 is 39.7 Å². The van der Waals surface area contributed by atoms with Gasteiger partial charge in [0.1, 0.15) is 0 Å². The normalized spacial score (nSPS) is 29.4. The first-order chi connectivity index (χ1) is 12.0. The average molecular weight is 391 g/mol. The van der Waals surface area contributed by atoms with Crippen LogP contribution in [-0.2, 0) is 0 Å². The highest BCUT2D eigenvalue weighted by atomic mass is 35.5. The number of hydrogen-bond acceptors (Lipinski definition) is 3. The minimum Gasteiger partial charge on any atom is -0.346 e. The van der Waals surface area contributed by atoms with Gasteiger partial charge in [0.2, 0.25) is 0 Å². The maximum Gasteiger partial charge on any atom is 0.261 e. The first kappa shape index (κ1) is 18.3. The van der Waals surface area contributed by atoms with E-state index in [-0.39, 0.29) is 29.9 Å². The van der Waals surface area contributed by atoms with Crippen molar-refractivity contribution in [2.45, 2.75) is 57.0 Å². The molecule has 3 aliphatic heterocycles. The molecule has 1 aromatic carbocycles. The molecule has 0 radical (unpaired) electrons. The van der Waals surface area contributed by atoms with Crippen LogP contribution in [0.5, 0.6) is 0 Å². The molecule has 4 aliphatic rings. The Kier molecular flexibility index (Phi) is 4.57. The summed E-state index contributed by atoms with van der Waals surface area (Å²) in [5.74, 6) is 1.50. The number of carbonyl (C=O) groups is 1. The van der Waals surface area contributed by atoms with Crippen LogP contribution >= 0.6 is 23.7 Å². The molecule has 4 heterocycles. The summed E-state index contributed by atoms with van der Waals surface area (Å²) in [6.45, 7) is 6.93. The number of fused-ring (bicyclic) bond motifs is 4. The van der Waals surface area contributed by atoms with Crippen molar-refractivity contribution in [2.75, 3.05) is 13.1 Å². The van der Waals surface area contributed by atoms with E-state index in [1.54, 1.807) is 11.3 Å². The molecule has 1 atom stereocenters. The van der Waals surface area contributed by atoms with Gasteiger partial charge in [-0.05, 0) is 87.5 Å². The molecule has 5 heteroatoms. The zero-order chi connectivity index (χ0) is 17.2. The van der Waals surface area contributed by atoms with Crippen LogP contribution in [0.15, 0.2) is 24.3 Å². The molecule has 3 saturated heterocycles. The topological polar surface area (TPSA) is 32.3 Å². The lowest BCUT2D eigenvalue weighted by molar-refractivity contribution is -0.0377. The van der Waals surface area contributed by atoms with E-state index in [2.05, 4.69) is 48.3 Å². The van der Waals surface area contributed by atoms with E-state index >= 15 is 0 Å². The van der Waals surface area contributed by atoms with Crippen LogP contribution in [0.3, 0.4) is 0 Å². The van der Waals surface area contributed by atoms with E-state index in [1.165, 1.54) is 54.4 Å². The minimum absolute atomic E-state index is 0. The Morgan fingerprint density at radius 2 is 1.88 bits per heavy atom. The van der Waals surface area contributed by atoms with Gasteiger partial charge in [-0.3, -0.25) is 9.69 Å². The van der Waals surface area contributed by atoms with Crippen LogP contribution in [0.4, 0.5) is 0 Å². The molecule has 1 aromatic heterocycles. The fourth-order valence-corrected chi connectivity index (χ4v) is 5.88. The Morgan fingerprint density at radius 1 is 1.15 bits per heavy atom. The number of piperidine rings is 3. The van der Waals surface area contributed by atoms with E-state index in [0.717, 1.165) is 10.8 Å². The van der Waals surface area contributed by atoms with Crippen molar-refractivity contribution in [3.05, 3.63) is 34.7 Å². The molecule has 2 bridgehead atoms. The minimum atomic E-state index is 0. The zero-order valence-corrected chi connectivity index (χ0v) is 17.1. The summed E-state index contributed by atoms with van der Waals surface area (Å²) in [5, 5.41) is 4.63. The van der Waals surface area contributed by atoms with Gasteiger partial charge in [0, 0.05) is 16.3 Å². The van der Waals surface area contributed by atoms with Gasteiger partial charge < -0.3 is 5.32 Å². The van der Waals surface area contributed by atoms with E-state index in [9.17, 15) is 4.79 Å². The third-order valence-corrected chi connectivity index (χ3v) is 7.80. The first-order valence-corrected chi connectivity index (χ1v) is 10.4. The summed E-state index contributed by atoms with van der Waals surface area (Å²) < 4.78 is 1.22. The third kappa shape index (κ3) is 2.96. The number of nitrogens with one attached hydrogen (secondary N) is 1. The Morgan fingerprint density at radius 3 is 2.54 bits per heavy atom. The van der Waals surface area contributed by atoms with Crippen LogP contribution in [0.2, 0.25) is 0 Å². The Labute approximate surface area is 165 Å². The van der Waals surface area contributed by atoms with Gasteiger partial charge in [0.05, 0.1) is 4.88 Å². The smallest absolute Gasteiger partial charge is 0.261 e. The monoisotopic (exact) mass is 390 g/mol. The Hall–Kier alpha value is -1.10. The van der Waals surface area contributed by atoms with Crippen LogP contribution < -0.4 is 5.32 Å². The maximum absolute atomic E-state index is 13.0. The summed E-state index contributed by atoms with van der Waals surface area (Å²) in [7, 11) is 0. The van der Waals surface area contributed by atoms with Gasteiger partial charge in [-0.1, -0.05) is 12.1 Å².